The van der Waals surface area contributed by atoms with Crippen molar-refractivity contribution >= 4 is 11.6 Å². The maximum atomic E-state index is 8.77. The van der Waals surface area contributed by atoms with Crippen molar-refractivity contribution in [2.45, 2.75) is 39.8 Å². The Morgan fingerprint density at radius 2 is 2.20 bits per heavy atom. The van der Waals surface area contributed by atoms with Gasteiger partial charge in [0.15, 0.2) is 5.82 Å². The first kappa shape index (κ1) is 16.2. The van der Waals surface area contributed by atoms with E-state index >= 15 is 0 Å². The normalized spacial score (nSPS) is 10.4. The highest BCUT2D eigenvalue weighted by Gasteiger charge is 2.14. The molecule has 6 heteroatoms. The van der Waals surface area contributed by atoms with Gasteiger partial charge in [0.1, 0.15) is 18.2 Å². The molecule has 1 heterocycles. The van der Waals surface area contributed by atoms with E-state index in [9.17, 15) is 0 Å². The van der Waals surface area contributed by atoms with Gasteiger partial charge in [-0.2, -0.15) is 5.26 Å². The second-order valence-corrected chi connectivity index (χ2v) is 4.61. The second-order valence-electron chi connectivity index (χ2n) is 4.61. The Morgan fingerprint density at radius 3 is 2.75 bits per heavy atom. The van der Waals surface area contributed by atoms with Crippen molar-refractivity contribution in [2.24, 2.45) is 0 Å². The van der Waals surface area contributed by atoms with Crippen LogP contribution >= 0.6 is 0 Å². The van der Waals surface area contributed by atoms with Gasteiger partial charge in [0, 0.05) is 32.3 Å². The number of hydrogen-bond acceptors (Lipinski definition) is 6. The summed E-state index contributed by atoms with van der Waals surface area (Å²) < 4.78 is 5.37. The smallest absolute Gasteiger partial charge is 0.158 e. The molecule has 1 rings (SSSR count). The molecule has 0 aliphatic rings. The molecule has 1 aromatic rings. The molecule has 0 saturated heterocycles. The Balaban J connectivity index is 3.03. The number of anilines is 2. The van der Waals surface area contributed by atoms with E-state index in [0.29, 0.717) is 32.0 Å². The van der Waals surface area contributed by atoms with Crippen LogP contribution in [0, 0.1) is 11.3 Å². The number of ether oxygens (including phenoxy) is 1. The molecular formula is C14H23N5O. The van der Waals surface area contributed by atoms with Crippen molar-refractivity contribution in [2.75, 3.05) is 30.4 Å². The average molecular weight is 277 g/mol. The lowest BCUT2D eigenvalue weighted by Gasteiger charge is -2.27. The molecule has 0 fully saturated rings. The van der Waals surface area contributed by atoms with Crippen LogP contribution in [0.1, 0.15) is 33.0 Å². The summed E-state index contributed by atoms with van der Waals surface area (Å²) in [7, 11) is 1.82. The number of nitriles is 1. The van der Waals surface area contributed by atoms with Gasteiger partial charge >= 0.3 is 0 Å². The molecule has 6 nitrogen and oxygen atoms in total. The zero-order chi connectivity index (χ0) is 15.0. The summed E-state index contributed by atoms with van der Waals surface area (Å²) in [6, 6.07) is 4.34. The van der Waals surface area contributed by atoms with Crippen molar-refractivity contribution in [3.8, 4) is 6.07 Å². The van der Waals surface area contributed by atoms with Crippen LogP contribution in [0.4, 0.5) is 11.6 Å². The number of hydrogen-bond donors (Lipinski definition) is 1. The fraction of sp³-hybridized carbons (Fsp3) is 0.643. The third-order valence-corrected chi connectivity index (χ3v) is 2.83. The molecule has 0 aromatic carbocycles. The van der Waals surface area contributed by atoms with E-state index < -0.39 is 0 Å². The summed E-state index contributed by atoms with van der Waals surface area (Å²) >= 11 is 0. The van der Waals surface area contributed by atoms with Crippen LogP contribution in [-0.2, 0) is 11.3 Å². The lowest BCUT2D eigenvalue weighted by molar-refractivity contribution is 0.128. The van der Waals surface area contributed by atoms with Gasteiger partial charge in [-0.25, -0.2) is 9.97 Å². The zero-order valence-corrected chi connectivity index (χ0v) is 12.7. The second kappa shape index (κ2) is 8.33. The fourth-order valence-electron chi connectivity index (χ4n) is 1.82. The minimum absolute atomic E-state index is 0.267. The largest absolute Gasteiger partial charge is 0.374 e. The monoisotopic (exact) mass is 277 g/mol. The van der Waals surface area contributed by atoms with E-state index in [2.05, 4.69) is 40.1 Å². The molecule has 0 unspecified atom stereocenters. The lowest BCUT2D eigenvalue weighted by Crippen LogP contribution is -2.32. The number of rotatable bonds is 8. The van der Waals surface area contributed by atoms with E-state index in [4.69, 9.17) is 10.00 Å². The lowest BCUT2D eigenvalue weighted by atomic mass is 10.3. The van der Waals surface area contributed by atoms with Gasteiger partial charge in [-0.3, -0.25) is 0 Å². The van der Waals surface area contributed by atoms with E-state index in [1.807, 2.05) is 20.0 Å². The van der Waals surface area contributed by atoms with Crippen LogP contribution in [0.5, 0.6) is 0 Å². The minimum Gasteiger partial charge on any atom is -0.374 e. The Kier molecular flexibility index (Phi) is 6.74. The molecule has 0 bridgehead atoms. The summed E-state index contributed by atoms with van der Waals surface area (Å²) in [5, 5.41) is 11.8. The van der Waals surface area contributed by atoms with Crippen LogP contribution in [0.2, 0.25) is 0 Å². The molecule has 1 aromatic heterocycles. The molecule has 0 radical (unpaired) electrons. The summed E-state index contributed by atoms with van der Waals surface area (Å²) in [5.74, 6) is 2.23. The first-order valence-electron chi connectivity index (χ1n) is 6.89. The molecule has 0 spiro atoms. The van der Waals surface area contributed by atoms with Gasteiger partial charge in [0.25, 0.3) is 0 Å². The first-order chi connectivity index (χ1) is 9.62. The maximum Gasteiger partial charge on any atom is 0.158 e. The van der Waals surface area contributed by atoms with E-state index in [1.54, 1.807) is 0 Å². The summed E-state index contributed by atoms with van der Waals surface area (Å²) in [5.41, 5.74) is 0. The van der Waals surface area contributed by atoms with Gasteiger partial charge < -0.3 is 15.0 Å². The predicted molar refractivity (Wildman–Crippen MR) is 79.6 cm³/mol. The SMILES string of the molecule is CCOCc1nc(NC)cc(N(CCC#N)C(C)C)n1. The topological polar surface area (TPSA) is 74.1 Å². The molecule has 20 heavy (non-hydrogen) atoms. The third kappa shape index (κ3) is 4.67. The van der Waals surface area contributed by atoms with Crippen molar-refractivity contribution < 1.29 is 4.74 Å². The summed E-state index contributed by atoms with van der Waals surface area (Å²) in [6.07, 6.45) is 0.470. The highest BCUT2D eigenvalue weighted by molar-refractivity contribution is 5.49. The van der Waals surface area contributed by atoms with Crippen molar-refractivity contribution in [3.05, 3.63) is 11.9 Å². The third-order valence-electron chi connectivity index (χ3n) is 2.83. The predicted octanol–water partition coefficient (Wildman–Crippen LogP) is 2.18. The van der Waals surface area contributed by atoms with Gasteiger partial charge in [-0.15, -0.1) is 0 Å². The molecular weight excluding hydrogens is 254 g/mol. The number of aromatic nitrogens is 2. The standard InChI is InChI=1S/C14H23N5O/c1-5-20-10-13-17-12(16-4)9-14(18-13)19(11(2)3)8-6-7-15/h9,11H,5-6,8,10H2,1-4H3,(H,16,17,18). The summed E-state index contributed by atoms with van der Waals surface area (Å²) in [6.45, 7) is 7.79. The Morgan fingerprint density at radius 1 is 1.45 bits per heavy atom. The van der Waals surface area contributed by atoms with E-state index in [1.165, 1.54) is 0 Å². The van der Waals surface area contributed by atoms with Crippen molar-refractivity contribution in [1.82, 2.24) is 9.97 Å². The summed E-state index contributed by atoms with van der Waals surface area (Å²) in [4.78, 5) is 11.0. The van der Waals surface area contributed by atoms with Gasteiger partial charge in [0.05, 0.1) is 12.5 Å². The molecule has 0 aliphatic heterocycles. The highest BCUT2D eigenvalue weighted by Crippen LogP contribution is 2.19. The van der Waals surface area contributed by atoms with Crippen LogP contribution < -0.4 is 10.2 Å². The van der Waals surface area contributed by atoms with Crippen molar-refractivity contribution in [3.63, 3.8) is 0 Å². The molecule has 1 N–H and O–H groups in total. The van der Waals surface area contributed by atoms with Crippen molar-refractivity contribution in [1.29, 1.82) is 5.26 Å². The average Bonchev–Trinajstić information content (AvgIpc) is 2.45. The molecule has 0 atom stereocenters. The van der Waals surface area contributed by atoms with Crippen LogP contribution in [0.25, 0.3) is 0 Å². The first-order valence-corrected chi connectivity index (χ1v) is 6.89. The minimum atomic E-state index is 0.267. The fourth-order valence-corrected chi connectivity index (χ4v) is 1.82. The molecule has 0 aliphatic carbocycles. The Hall–Kier alpha value is -1.87. The molecule has 110 valence electrons. The molecule has 0 saturated carbocycles. The van der Waals surface area contributed by atoms with Gasteiger partial charge in [0.2, 0.25) is 0 Å². The van der Waals surface area contributed by atoms with Crippen LogP contribution in [-0.4, -0.2) is 36.2 Å². The quantitative estimate of drug-likeness (QED) is 0.785. The molecule has 0 amide bonds. The highest BCUT2D eigenvalue weighted by atomic mass is 16.5. The number of nitrogens with zero attached hydrogens (tertiary/aromatic N) is 4. The van der Waals surface area contributed by atoms with Crippen LogP contribution in [0.3, 0.4) is 0 Å². The Bertz CT molecular complexity index is 455. The van der Waals surface area contributed by atoms with E-state index in [-0.39, 0.29) is 6.04 Å². The number of nitrogens with one attached hydrogen (secondary N) is 1. The maximum absolute atomic E-state index is 8.77. The van der Waals surface area contributed by atoms with Crippen LogP contribution in [0.15, 0.2) is 6.07 Å². The Labute approximate surface area is 120 Å². The zero-order valence-electron chi connectivity index (χ0n) is 12.7. The van der Waals surface area contributed by atoms with E-state index in [0.717, 1.165) is 11.6 Å². The van der Waals surface area contributed by atoms with Gasteiger partial charge in [-0.1, -0.05) is 0 Å². The van der Waals surface area contributed by atoms with Gasteiger partial charge in [-0.05, 0) is 20.8 Å².